The molecule has 0 fully saturated rings. The van der Waals surface area contributed by atoms with Crippen LogP contribution in [0.3, 0.4) is 0 Å². The maximum atomic E-state index is 13.6. The Morgan fingerprint density at radius 3 is 2.59 bits per heavy atom. The maximum Gasteiger partial charge on any atom is 0.220 e. The number of methoxy groups -OCH3 is 1. The minimum absolute atomic E-state index is 0.322. The van der Waals surface area contributed by atoms with Crippen molar-refractivity contribution in [3.05, 3.63) is 46.5 Å². The number of aromatic nitrogens is 1. The standard InChI is InChI=1S/C12H8Cl2FNO/c1-17-8-5-9(12(15)16-6-8)7-2-3-10(13)11(14)4-7/h2-6H,1H3. The Kier molecular flexibility index (Phi) is 3.50. The fourth-order valence-electron chi connectivity index (χ4n) is 1.41. The van der Waals surface area contributed by atoms with Crippen molar-refractivity contribution in [2.24, 2.45) is 0 Å². The zero-order valence-corrected chi connectivity index (χ0v) is 10.4. The lowest BCUT2D eigenvalue weighted by Crippen LogP contribution is -1.92. The Labute approximate surface area is 108 Å². The van der Waals surface area contributed by atoms with Crippen LogP contribution < -0.4 is 4.74 Å². The number of hydrogen-bond acceptors (Lipinski definition) is 2. The van der Waals surface area contributed by atoms with Crippen LogP contribution in [-0.2, 0) is 0 Å². The van der Waals surface area contributed by atoms with Gasteiger partial charge in [0, 0.05) is 5.56 Å². The molecule has 88 valence electrons. The molecule has 0 unspecified atom stereocenters. The van der Waals surface area contributed by atoms with Crippen LogP contribution in [-0.4, -0.2) is 12.1 Å². The van der Waals surface area contributed by atoms with E-state index in [9.17, 15) is 4.39 Å². The molecule has 0 aliphatic heterocycles. The highest BCUT2D eigenvalue weighted by molar-refractivity contribution is 6.42. The van der Waals surface area contributed by atoms with Crippen LogP contribution in [0.15, 0.2) is 30.5 Å². The number of rotatable bonds is 2. The van der Waals surface area contributed by atoms with Crippen molar-refractivity contribution in [3.63, 3.8) is 0 Å². The lowest BCUT2D eigenvalue weighted by molar-refractivity contribution is 0.410. The minimum atomic E-state index is -0.579. The monoisotopic (exact) mass is 271 g/mol. The van der Waals surface area contributed by atoms with Crippen LogP contribution in [0.25, 0.3) is 11.1 Å². The molecule has 0 bridgehead atoms. The molecule has 17 heavy (non-hydrogen) atoms. The molecule has 2 nitrogen and oxygen atoms in total. The van der Waals surface area contributed by atoms with Crippen LogP contribution in [0.1, 0.15) is 0 Å². The van der Waals surface area contributed by atoms with Gasteiger partial charge in [0.25, 0.3) is 0 Å². The summed E-state index contributed by atoms with van der Waals surface area (Å²) in [5, 5.41) is 0.790. The molecule has 2 rings (SSSR count). The van der Waals surface area contributed by atoms with Gasteiger partial charge in [-0.2, -0.15) is 4.39 Å². The van der Waals surface area contributed by atoms with Gasteiger partial charge >= 0.3 is 0 Å². The number of nitrogens with zero attached hydrogens (tertiary/aromatic N) is 1. The first-order valence-corrected chi connectivity index (χ1v) is 5.52. The third-order valence-corrected chi connectivity index (χ3v) is 3.02. The zero-order valence-electron chi connectivity index (χ0n) is 8.88. The molecule has 1 aromatic carbocycles. The van der Waals surface area contributed by atoms with Gasteiger partial charge in [0.15, 0.2) is 0 Å². The number of pyridine rings is 1. The molecular weight excluding hydrogens is 264 g/mol. The molecule has 0 radical (unpaired) electrons. The van der Waals surface area contributed by atoms with E-state index in [0.29, 0.717) is 26.9 Å². The first-order valence-electron chi connectivity index (χ1n) is 4.77. The summed E-state index contributed by atoms with van der Waals surface area (Å²) in [5.41, 5.74) is 0.922. The highest BCUT2D eigenvalue weighted by Gasteiger charge is 2.09. The van der Waals surface area contributed by atoms with Gasteiger partial charge in [0.1, 0.15) is 5.75 Å². The second-order valence-corrected chi connectivity index (χ2v) is 4.16. The number of hydrogen-bond donors (Lipinski definition) is 0. The second-order valence-electron chi connectivity index (χ2n) is 3.34. The molecule has 2 aromatic rings. The summed E-state index contributed by atoms with van der Waals surface area (Å²) in [6.07, 6.45) is 1.32. The largest absolute Gasteiger partial charge is 0.495 e. The Morgan fingerprint density at radius 2 is 1.94 bits per heavy atom. The van der Waals surface area contributed by atoms with Gasteiger partial charge in [-0.25, -0.2) is 4.98 Å². The van der Waals surface area contributed by atoms with E-state index in [-0.39, 0.29) is 0 Å². The summed E-state index contributed by atoms with van der Waals surface area (Å²) in [7, 11) is 1.49. The first kappa shape index (κ1) is 12.1. The summed E-state index contributed by atoms with van der Waals surface area (Å²) < 4.78 is 18.6. The third-order valence-electron chi connectivity index (χ3n) is 2.28. The van der Waals surface area contributed by atoms with Gasteiger partial charge < -0.3 is 4.74 Å². The smallest absolute Gasteiger partial charge is 0.220 e. The Bertz CT molecular complexity index is 560. The third kappa shape index (κ3) is 2.51. The summed E-state index contributed by atoms with van der Waals surface area (Å²) >= 11 is 11.7. The quantitative estimate of drug-likeness (QED) is 0.764. The van der Waals surface area contributed by atoms with E-state index in [2.05, 4.69) is 4.98 Å². The normalized spacial score (nSPS) is 10.4. The van der Waals surface area contributed by atoms with E-state index >= 15 is 0 Å². The van der Waals surface area contributed by atoms with Crippen molar-refractivity contribution in [2.45, 2.75) is 0 Å². The predicted molar refractivity (Wildman–Crippen MR) is 66.2 cm³/mol. The van der Waals surface area contributed by atoms with Crippen molar-refractivity contribution in [3.8, 4) is 16.9 Å². The van der Waals surface area contributed by atoms with Gasteiger partial charge in [0.05, 0.1) is 23.4 Å². The molecule has 0 N–H and O–H groups in total. The fraction of sp³-hybridized carbons (Fsp3) is 0.0833. The molecule has 0 saturated heterocycles. The number of halogens is 3. The average molecular weight is 272 g/mol. The summed E-state index contributed by atoms with van der Waals surface area (Å²) in [4.78, 5) is 3.61. The number of ether oxygens (including phenoxy) is 1. The predicted octanol–water partition coefficient (Wildman–Crippen LogP) is 4.20. The van der Waals surface area contributed by atoms with E-state index in [1.165, 1.54) is 13.3 Å². The van der Waals surface area contributed by atoms with E-state index in [0.717, 1.165) is 0 Å². The van der Waals surface area contributed by atoms with Gasteiger partial charge in [-0.1, -0.05) is 29.3 Å². The van der Waals surface area contributed by atoms with Crippen molar-refractivity contribution < 1.29 is 9.13 Å². The van der Waals surface area contributed by atoms with Gasteiger partial charge in [-0.15, -0.1) is 0 Å². The van der Waals surface area contributed by atoms with E-state index in [1.54, 1.807) is 24.3 Å². The average Bonchev–Trinajstić information content (AvgIpc) is 2.33. The lowest BCUT2D eigenvalue weighted by Gasteiger charge is -2.06. The van der Waals surface area contributed by atoms with Crippen LogP contribution in [0.4, 0.5) is 4.39 Å². The topological polar surface area (TPSA) is 22.1 Å². The van der Waals surface area contributed by atoms with E-state index in [4.69, 9.17) is 27.9 Å². The van der Waals surface area contributed by atoms with Crippen LogP contribution in [0.2, 0.25) is 10.0 Å². The zero-order chi connectivity index (χ0) is 12.4. The first-order chi connectivity index (χ1) is 8.11. The molecule has 1 aromatic heterocycles. The molecule has 0 atom stereocenters. The van der Waals surface area contributed by atoms with Gasteiger partial charge in [-0.3, -0.25) is 0 Å². The molecule has 0 amide bonds. The molecule has 0 aliphatic rings. The van der Waals surface area contributed by atoms with Crippen LogP contribution in [0, 0.1) is 5.95 Å². The summed E-state index contributed by atoms with van der Waals surface area (Å²) in [6.45, 7) is 0. The highest BCUT2D eigenvalue weighted by Crippen LogP contribution is 2.30. The van der Waals surface area contributed by atoms with Gasteiger partial charge in [0.2, 0.25) is 5.95 Å². The van der Waals surface area contributed by atoms with Crippen molar-refractivity contribution in [2.75, 3.05) is 7.11 Å². The van der Waals surface area contributed by atoms with Crippen molar-refractivity contribution in [1.82, 2.24) is 4.98 Å². The van der Waals surface area contributed by atoms with Crippen LogP contribution >= 0.6 is 23.2 Å². The van der Waals surface area contributed by atoms with Gasteiger partial charge in [-0.05, 0) is 23.8 Å². The maximum absolute atomic E-state index is 13.6. The second kappa shape index (κ2) is 4.90. The Morgan fingerprint density at radius 1 is 1.18 bits per heavy atom. The minimum Gasteiger partial charge on any atom is -0.495 e. The molecule has 0 saturated carbocycles. The summed E-state index contributed by atoms with van der Waals surface area (Å²) in [5.74, 6) is -0.100. The van der Waals surface area contributed by atoms with E-state index in [1.807, 2.05) is 0 Å². The Balaban J connectivity index is 2.55. The number of benzene rings is 1. The van der Waals surface area contributed by atoms with Crippen molar-refractivity contribution in [1.29, 1.82) is 0 Å². The molecule has 1 heterocycles. The fourth-order valence-corrected chi connectivity index (χ4v) is 1.70. The molecule has 0 spiro atoms. The SMILES string of the molecule is COc1cnc(F)c(-c2ccc(Cl)c(Cl)c2)c1. The van der Waals surface area contributed by atoms with Crippen molar-refractivity contribution >= 4 is 23.2 Å². The van der Waals surface area contributed by atoms with Crippen LogP contribution in [0.5, 0.6) is 5.75 Å². The lowest BCUT2D eigenvalue weighted by atomic mass is 10.1. The Hall–Kier alpha value is -1.32. The highest BCUT2D eigenvalue weighted by atomic mass is 35.5. The molecule has 0 aliphatic carbocycles. The molecule has 5 heteroatoms. The summed E-state index contributed by atoms with van der Waals surface area (Å²) in [6, 6.07) is 6.43. The van der Waals surface area contributed by atoms with E-state index < -0.39 is 5.95 Å². The molecular formula is C12H8Cl2FNO.